The summed E-state index contributed by atoms with van der Waals surface area (Å²) in [5, 5.41) is 2.53. The van der Waals surface area contributed by atoms with Crippen LogP contribution in [0.2, 0.25) is 0 Å². The van der Waals surface area contributed by atoms with Crippen molar-refractivity contribution in [1.82, 2.24) is 0 Å². The van der Waals surface area contributed by atoms with Crippen LogP contribution in [0.15, 0.2) is 18.2 Å². The Bertz CT molecular complexity index is 397. The maximum atomic E-state index is 12.9. The molecule has 0 unspecified atom stereocenters. The van der Waals surface area contributed by atoms with E-state index in [9.17, 15) is 13.6 Å². The number of hydrogen-bond acceptors (Lipinski definition) is 2. The molecule has 0 aliphatic heterocycles. The standard InChI is InChI=1S/C13H18F2N2O/c14-11-7-6-10(9-12(11)15)17-13(18)5-3-1-2-4-8-16/h6-7,9H,1-5,8,16H2,(H,17,18). The van der Waals surface area contributed by atoms with E-state index in [4.69, 9.17) is 5.73 Å². The molecular weight excluding hydrogens is 238 g/mol. The van der Waals surface area contributed by atoms with Gasteiger partial charge in [-0.2, -0.15) is 0 Å². The van der Waals surface area contributed by atoms with Crippen molar-refractivity contribution in [3.05, 3.63) is 29.8 Å². The third-order valence-electron chi connectivity index (χ3n) is 2.56. The molecule has 100 valence electrons. The molecule has 0 atom stereocenters. The molecule has 0 fully saturated rings. The summed E-state index contributed by atoms with van der Waals surface area (Å²) in [6.45, 7) is 0.668. The van der Waals surface area contributed by atoms with E-state index in [0.717, 1.165) is 37.8 Å². The van der Waals surface area contributed by atoms with Crippen LogP contribution in [0.1, 0.15) is 32.1 Å². The zero-order valence-corrected chi connectivity index (χ0v) is 10.2. The van der Waals surface area contributed by atoms with Crippen molar-refractivity contribution in [2.24, 2.45) is 5.73 Å². The van der Waals surface area contributed by atoms with Crippen LogP contribution in [-0.2, 0) is 4.79 Å². The summed E-state index contributed by atoms with van der Waals surface area (Å²) in [5.74, 6) is -2.07. The lowest BCUT2D eigenvalue weighted by atomic mass is 10.1. The van der Waals surface area contributed by atoms with E-state index in [-0.39, 0.29) is 11.6 Å². The summed E-state index contributed by atoms with van der Waals surface area (Å²) < 4.78 is 25.5. The molecule has 1 amide bonds. The summed E-state index contributed by atoms with van der Waals surface area (Å²) in [7, 11) is 0. The van der Waals surface area contributed by atoms with Gasteiger partial charge in [-0.05, 0) is 31.5 Å². The molecule has 3 N–H and O–H groups in total. The van der Waals surface area contributed by atoms with E-state index >= 15 is 0 Å². The summed E-state index contributed by atoms with van der Waals surface area (Å²) >= 11 is 0. The Balaban J connectivity index is 2.29. The van der Waals surface area contributed by atoms with Crippen molar-refractivity contribution in [3.8, 4) is 0 Å². The Kier molecular flexibility index (Phi) is 6.28. The van der Waals surface area contributed by atoms with Gasteiger partial charge in [0.1, 0.15) is 0 Å². The van der Waals surface area contributed by atoms with Gasteiger partial charge in [0.05, 0.1) is 0 Å². The predicted molar refractivity (Wildman–Crippen MR) is 67.1 cm³/mol. The molecule has 0 spiro atoms. The maximum Gasteiger partial charge on any atom is 0.224 e. The second-order valence-electron chi connectivity index (χ2n) is 4.13. The van der Waals surface area contributed by atoms with Crippen LogP contribution < -0.4 is 11.1 Å². The van der Waals surface area contributed by atoms with Crippen LogP contribution in [0.4, 0.5) is 14.5 Å². The molecule has 0 saturated heterocycles. The Hall–Kier alpha value is -1.49. The van der Waals surface area contributed by atoms with E-state index in [1.165, 1.54) is 6.07 Å². The van der Waals surface area contributed by atoms with Gasteiger partial charge in [-0.1, -0.05) is 12.8 Å². The van der Waals surface area contributed by atoms with Crippen LogP contribution in [-0.4, -0.2) is 12.5 Å². The van der Waals surface area contributed by atoms with Crippen LogP contribution in [0.25, 0.3) is 0 Å². The number of nitrogens with one attached hydrogen (secondary N) is 1. The smallest absolute Gasteiger partial charge is 0.224 e. The third kappa shape index (κ3) is 5.23. The van der Waals surface area contributed by atoms with Gasteiger partial charge in [0, 0.05) is 18.2 Å². The fourth-order valence-corrected chi connectivity index (χ4v) is 1.58. The minimum atomic E-state index is -0.962. The average Bonchev–Trinajstić information content (AvgIpc) is 2.34. The largest absolute Gasteiger partial charge is 0.330 e. The van der Waals surface area contributed by atoms with Crippen molar-refractivity contribution in [3.63, 3.8) is 0 Å². The molecule has 0 saturated carbocycles. The van der Waals surface area contributed by atoms with Crippen molar-refractivity contribution in [1.29, 1.82) is 0 Å². The van der Waals surface area contributed by atoms with Crippen LogP contribution >= 0.6 is 0 Å². The Morgan fingerprint density at radius 3 is 2.50 bits per heavy atom. The van der Waals surface area contributed by atoms with Gasteiger partial charge < -0.3 is 11.1 Å². The molecule has 1 aromatic carbocycles. The minimum absolute atomic E-state index is 0.186. The number of anilines is 1. The molecule has 0 aliphatic carbocycles. The molecule has 18 heavy (non-hydrogen) atoms. The maximum absolute atomic E-state index is 12.9. The SMILES string of the molecule is NCCCCCCC(=O)Nc1ccc(F)c(F)c1. The minimum Gasteiger partial charge on any atom is -0.330 e. The molecule has 3 nitrogen and oxygen atoms in total. The Morgan fingerprint density at radius 2 is 1.83 bits per heavy atom. The van der Waals surface area contributed by atoms with E-state index in [1.807, 2.05) is 0 Å². The summed E-state index contributed by atoms with van der Waals surface area (Å²) in [5.41, 5.74) is 5.63. The first-order valence-corrected chi connectivity index (χ1v) is 6.08. The molecule has 0 radical (unpaired) electrons. The first-order valence-electron chi connectivity index (χ1n) is 6.08. The summed E-state index contributed by atoms with van der Waals surface area (Å²) in [6.07, 6.45) is 4.07. The quantitative estimate of drug-likeness (QED) is 0.737. The molecule has 5 heteroatoms. The van der Waals surface area contributed by atoms with Crippen molar-refractivity contribution >= 4 is 11.6 Å². The van der Waals surface area contributed by atoms with Crippen molar-refractivity contribution in [2.45, 2.75) is 32.1 Å². The summed E-state index contributed by atoms with van der Waals surface area (Å²) in [4.78, 5) is 11.5. The van der Waals surface area contributed by atoms with Crippen LogP contribution in [0, 0.1) is 11.6 Å². The highest BCUT2D eigenvalue weighted by Gasteiger charge is 2.05. The lowest BCUT2D eigenvalue weighted by molar-refractivity contribution is -0.116. The first-order chi connectivity index (χ1) is 8.63. The number of amides is 1. The first kappa shape index (κ1) is 14.6. The average molecular weight is 256 g/mol. The zero-order valence-electron chi connectivity index (χ0n) is 10.2. The molecule has 0 aromatic heterocycles. The van der Waals surface area contributed by atoms with Gasteiger partial charge in [0.2, 0.25) is 5.91 Å². The number of nitrogens with two attached hydrogens (primary N) is 1. The van der Waals surface area contributed by atoms with E-state index in [2.05, 4.69) is 5.32 Å². The number of carbonyl (C=O) groups excluding carboxylic acids is 1. The highest BCUT2D eigenvalue weighted by Crippen LogP contribution is 2.13. The van der Waals surface area contributed by atoms with E-state index in [1.54, 1.807) is 0 Å². The Morgan fingerprint density at radius 1 is 1.11 bits per heavy atom. The fourth-order valence-electron chi connectivity index (χ4n) is 1.58. The lowest BCUT2D eigenvalue weighted by Gasteiger charge is -2.05. The lowest BCUT2D eigenvalue weighted by Crippen LogP contribution is -2.11. The van der Waals surface area contributed by atoms with Crippen LogP contribution in [0.3, 0.4) is 0 Å². The number of hydrogen-bond donors (Lipinski definition) is 2. The van der Waals surface area contributed by atoms with Crippen molar-refractivity contribution in [2.75, 3.05) is 11.9 Å². The predicted octanol–water partition coefficient (Wildman–Crippen LogP) is 2.81. The highest BCUT2D eigenvalue weighted by atomic mass is 19.2. The van der Waals surface area contributed by atoms with Gasteiger partial charge in [-0.15, -0.1) is 0 Å². The molecule has 1 aromatic rings. The number of carbonyl (C=O) groups is 1. The zero-order chi connectivity index (χ0) is 13.4. The fraction of sp³-hybridized carbons (Fsp3) is 0.462. The monoisotopic (exact) mass is 256 g/mol. The second kappa shape index (κ2) is 7.76. The van der Waals surface area contributed by atoms with Gasteiger partial charge in [-0.3, -0.25) is 4.79 Å². The topological polar surface area (TPSA) is 55.1 Å². The van der Waals surface area contributed by atoms with E-state index < -0.39 is 11.6 Å². The van der Waals surface area contributed by atoms with Gasteiger partial charge in [-0.25, -0.2) is 8.78 Å². The second-order valence-corrected chi connectivity index (χ2v) is 4.13. The molecule has 1 rings (SSSR count). The van der Waals surface area contributed by atoms with Gasteiger partial charge in [0.15, 0.2) is 11.6 Å². The highest BCUT2D eigenvalue weighted by molar-refractivity contribution is 5.90. The number of unbranched alkanes of at least 4 members (excludes halogenated alkanes) is 3. The van der Waals surface area contributed by atoms with Crippen molar-refractivity contribution < 1.29 is 13.6 Å². The third-order valence-corrected chi connectivity index (χ3v) is 2.56. The number of rotatable bonds is 7. The molecular formula is C13H18F2N2O. The number of benzene rings is 1. The van der Waals surface area contributed by atoms with Crippen LogP contribution in [0.5, 0.6) is 0 Å². The Labute approximate surface area is 105 Å². The van der Waals surface area contributed by atoms with E-state index in [0.29, 0.717) is 13.0 Å². The number of halogens is 2. The normalized spacial score (nSPS) is 10.4. The molecule has 0 bridgehead atoms. The van der Waals surface area contributed by atoms with Gasteiger partial charge >= 0.3 is 0 Å². The summed E-state index contributed by atoms with van der Waals surface area (Å²) in [6, 6.07) is 3.30. The molecule has 0 aliphatic rings. The molecule has 0 heterocycles. The van der Waals surface area contributed by atoms with Gasteiger partial charge in [0.25, 0.3) is 0 Å².